The number of hydrogen-bond donors (Lipinski definition) is 0. The van der Waals surface area contributed by atoms with Crippen molar-refractivity contribution in [2.24, 2.45) is 7.05 Å². The van der Waals surface area contributed by atoms with Gasteiger partial charge in [-0.15, -0.1) is 0 Å². The SMILES string of the molecule is Cc1cc2c3cccc(C)c3n3c4cc(C5CCCCC5)cc5cc[n+](C)c(c(c1C)c23)c54. The quantitative estimate of drug-likeness (QED) is 0.143. The van der Waals surface area contributed by atoms with Crippen LogP contribution in [0.4, 0.5) is 0 Å². The lowest BCUT2D eigenvalue weighted by atomic mass is 9.83. The number of pyridine rings is 2. The van der Waals surface area contributed by atoms with Crippen molar-refractivity contribution < 1.29 is 4.57 Å². The molecule has 3 aromatic heterocycles. The van der Waals surface area contributed by atoms with Crippen molar-refractivity contribution in [2.75, 3.05) is 0 Å². The van der Waals surface area contributed by atoms with E-state index < -0.39 is 0 Å². The fourth-order valence-corrected chi connectivity index (χ4v) is 6.81. The monoisotopic (exact) mass is 431 g/mol. The van der Waals surface area contributed by atoms with Crippen molar-refractivity contribution >= 4 is 49.0 Å². The van der Waals surface area contributed by atoms with Crippen LogP contribution in [-0.4, -0.2) is 4.40 Å². The van der Waals surface area contributed by atoms with Gasteiger partial charge in [-0.05, 0) is 79.3 Å². The number of para-hydroxylation sites is 1. The standard InChI is InChI=1S/C31H31N2/c1-18-9-8-12-24-25-15-19(2)20(3)27-30(25)33(29(18)24)26-17-23(21-10-6-5-7-11-21)16-22-13-14-32(4)31(27)28(22)26/h8-9,12-17,21H,5-7,10-11H2,1-4H3/q+1. The fraction of sp³-hybridized carbons (Fsp3) is 0.323. The summed E-state index contributed by atoms with van der Waals surface area (Å²) in [4.78, 5) is 0. The van der Waals surface area contributed by atoms with Crippen LogP contribution in [0, 0.1) is 20.8 Å². The molecule has 0 radical (unpaired) electrons. The molecule has 1 aliphatic rings. The minimum Gasteiger partial charge on any atom is -0.307 e. The van der Waals surface area contributed by atoms with E-state index in [1.165, 1.54) is 103 Å². The van der Waals surface area contributed by atoms with Gasteiger partial charge in [0.25, 0.3) is 0 Å². The lowest BCUT2D eigenvalue weighted by Gasteiger charge is -2.23. The lowest BCUT2D eigenvalue weighted by Crippen LogP contribution is -2.29. The van der Waals surface area contributed by atoms with E-state index in [-0.39, 0.29) is 0 Å². The molecule has 6 aromatic rings. The maximum Gasteiger partial charge on any atom is 0.224 e. The molecule has 0 N–H and O–H groups in total. The van der Waals surface area contributed by atoms with Crippen LogP contribution in [0.1, 0.15) is 60.3 Å². The molecule has 164 valence electrons. The fourth-order valence-electron chi connectivity index (χ4n) is 6.81. The Morgan fingerprint density at radius 1 is 0.818 bits per heavy atom. The summed E-state index contributed by atoms with van der Waals surface area (Å²) >= 11 is 0. The molecule has 1 aliphatic carbocycles. The summed E-state index contributed by atoms with van der Waals surface area (Å²) in [5, 5.41) is 6.96. The molecule has 0 unspecified atom stereocenters. The van der Waals surface area contributed by atoms with Crippen molar-refractivity contribution in [1.29, 1.82) is 0 Å². The highest BCUT2D eigenvalue weighted by molar-refractivity contribution is 6.26. The van der Waals surface area contributed by atoms with E-state index in [4.69, 9.17) is 0 Å². The van der Waals surface area contributed by atoms with E-state index in [1.54, 1.807) is 0 Å². The molecule has 3 aromatic carbocycles. The normalized spacial score (nSPS) is 15.8. The maximum absolute atomic E-state index is 2.61. The molecule has 0 spiro atoms. The largest absolute Gasteiger partial charge is 0.307 e. The first-order valence-corrected chi connectivity index (χ1v) is 12.6. The molecular weight excluding hydrogens is 400 g/mol. The molecule has 7 rings (SSSR count). The molecular formula is C31H31N2+. The van der Waals surface area contributed by atoms with Crippen LogP contribution in [0.2, 0.25) is 0 Å². The van der Waals surface area contributed by atoms with Gasteiger partial charge in [0.2, 0.25) is 5.52 Å². The Balaban J connectivity index is 1.81. The van der Waals surface area contributed by atoms with Crippen LogP contribution in [0.25, 0.3) is 49.0 Å². The average Bonchev–Trinajstić information content (AvgIpc) is 3.16. The van der Waals surface area contributed by atoms with Crippen molar-refractivity contribution in [3.63, 3.8) is 0 Å². The minimum absolute atomic E-state index is 0.691. The highest BCUT2D eigenvalue weighted by Gasteiger charge is 2.26. The Bertz CT molecular complexity index is 1730. The van der Waals surface area contributed by atoms with Crippen LogP contribution in [0.5, 0.6) is 0 Å². The van der Waals surface area contributed by atoms with Gasteiger partial charge in [-0.1, -0.05) is 43.5 Å². The van der Waals surface area contributed by atoms with Gasteiger partial charge >= 0.3 is 0 Å². The number of rotatable bonds is 1. The smallest absolute Gasteiger partial charge is 0.224 e. The zero-order valence-corrected chi connectivity index (χ0v) is 20.1. The summed E-state index contributed by atoms with van der Waals surface area (Å²) in [7, 11) is 2.21. The first-order valence-electron chi connectivity index (χ1n) is 12.6. The molecule has 0 atom stereocenters. The van der Waals surface area contributed by atoms with Crippen LogP contribution < -0.4 is 4.57 Å². The summed E-state index contributed by atoms with van der Waals surface area (Å²) in [6.07, 6.45) is 9.05. The Hall–Kier alpha value is -3.13. The molecule has 3 heterocycles. The molecule has 0 aliphatic heterocycles. The maximum atomic E-state index is 2.61. The second kappa shape index (κ2) is 6.70. The first kappa shape index (κ1) is 19.3. The third kappa shape index (κ3) is 2.47. The number of fused-ring (bicyclic) bond motifs is 5. The van der Waals surface area contributed by atoms with Crippen molar-refractivity contribution in [3.8, 4) is 0 Å². The summed E-state index contributed by atoms with van der Waals surface area (Å²) in [5.41, 5.74) is 11.2. The highest BCUT2D eigenvalue weighted by Crippen LogP contribution is 2.44. The Morgan fingerprint density at radius 2 is 1.64 bits per heavy atom. The molecule has 0 saturated heterocycles. The van der Waals surface area contributed by atoms with Gasteiger partial charge in [0.15, 0.2) is 6.20 Å². The van der Waals surface area contributed by atoms with E-state index in [9.17, 15) is 0 Å². The topological polar surface area (TPSA) is 8.29 Å². The third-order valence-corrected chi connectivity index (χ3v) is 8.59. The van der Waals surface area contributed by atoms with E-state index in [0.29, 0.717) is 5.92 Å². The third-order valence-electron chi connectivity index (χ3n) is 8.59. The number of hydrogen-bond acceptors (Lipinski definition) is 0. The van der Waals surface area contributed by atoms with Gasteiger partial charge in [-0.3, -0.25) is 0 Å². The molecule has 1 fully saturated rings. The van der Waals surface area contributed by atoms with Gasteiger partial charge < -0.3 is 4.40 Å². The first-order chi connectivity index (χ1) is 16.0. The second-order valence-corrected chi connectivity index (χ2v) is 10.5. The average molecular weight is 432 g/mol. The second-order valence-electron chi connectivity index (χ2n) is 10.5. The molecule has 1 saturated carbocycles. The Kier molecular flexibility index (Phi) is 3.93. The highest BCUT2D eigenvalue weighted by atomic mass is 15.0. The van der Waals surface area contributed by atoms with Crippen LogP contribution in [-0.2, 0) is 7.05 Å². The van der Waals surface area contributed by atoms with E-state index in [2.05, 4.69) is 85.4 Å². The lowest BCUT2D eigenvalue weighted by molar-refractivity contribution is -0.643. The predicted octanol–water partition coefficient (Wildman–Crippen LogP) is 7.79. The van der Waals surface area contributed by atoms with Gasteiger partial charge in [-0.25, -0.2) is 4.57 Å². The summed E-state index contributed by atoms with van der Waals surface area (Å²) < 4.78 is 4.96. The number of nitrogens with zero attached hydrogens (tertiary/aromatic N) is 2. The summed E-state index contributed by atoms with van der Waals surface area (Å²) in [6, 6.07) is 16.6. The number of aryl methyl sites for hydroxylation is 4. The van der Waals surface area contributed by atoms with E-state index in [1.807, 2.05) is 0 Å². The van der Waals surface area contributed by atoms with E-state index in [0.717, 1.165) is 0 Å². The molecule has 2 heteroatoms. The zero-order chi connectivity index (χ0) is 22.4. The van der Waals surface area contributed by atoms with Gasteiger partial charge in [0.05, 0.1) is 27.3 Å². The predicted molar refractivity (Wildman–Crippen MR) is 140 cm³/mol. The van der Waals surface area contributed by atoms with Crippen LogP contribution in [0.3, 0.4) is 0 Å². The summed E-state index contributed by atoms with van der Waals surface area (Å²) in [5.74, 6) is 0.691. The Labute approximate surface area is 194 Å². The molecule has 33 heavy (non-hydrogen) atoms. The summed E-state index contributed by atoms with van der Waals surface area (Å²) in [6.45, 7) is 6.85. The van der Waals surface area contributed by atoms with E-state index >= 15 is 0 Å². The minimum atomic E-state index is 0.691. The molecule has 2 nitrogen and oxygen atoms in total. The van der Waals surface area contributed by atoms with Crippen LogP contribution in [0.15, 0.2) is 48.7 Å². The van der Waals surface area contributed by atoms with Gasteiger partial charge in [0.1, 0.15) is 7.05 Å². The van der Waals surface area contributed by atoms with Gasteiger partial charge in [0, 0.05) is 16.8 Å². The van der Waals surface area contributed by atoms with Crippen molar-refractivity contribution in [1.82, 2.24) is 4.40 Å². The molecule has 0 amide bonds. The van der Waals surface area contributed by atoms with Crippen molar-refractivity contribution in [3.05, 3.63) is 70.9 Å². The zero-order valence-electron chi connectivity index (χ0n) is 20.1. The number of benzene rings is 3. The van der Waals surface area contributed by atoms with Gasteiger partial charge in [-0.2, -0.15) is 0 Å². The molecule has 0 bridgehead atoms. The number of aromatic nitrogens is 2. The Morgan fingerprint density at radius 3 is 2.45 bits per heavy atom. The van der Waals surface area contributed by atoms with Crippen molar-refractivity contribution in [2.45, 2.75) is 58.8 Å². The van der Waals surface area contributed by atoms with Crippen LogP contribution >= 0.6 is 0 Å².